The van der Waals surface area contributed by atoms with E-state index in [-0.39, 0.29) is 6.42 Å². The van der Waals surface area contributed by atoms with Crippen LogP contribution in [-0.2, 0) is 11.2 Å². The molecule has 2 rings (SSSR count). The van der Waals surface area contributed by atoms with Gasteiger partial charge in [-0.2, -0.15) is 0 Å². The van der Waals surface area contributed by atoms with Crippen LogP contribution in [0.15, 0.2) is 30.7 Å². The summed E-state index contributed by atoms with van der Waals surface area (Å²) in [6, 6.07) is 6.02. The first kappa shape index (κ1) is 11.4. The average molecular weight is 230 g/mol. The first-order valence-corrected chi connectivity index (χ1v) is 5.39. The lowest BCUT2D eigenvalue weighted by atomic mass is 10.1. The minimum Gasteiger partial charge on any atom is -0.481 e. The van der Waals surface area contributed by atoms with Gasteiger partial charge in [0.25, 0.3) is 0 Å². The number of benzene rings is 1. The van der Waals surface area contributed by atoms with Gasteiger partial charge in [-0.05, 0) is 31.0 Å². The van der Waals surface area contributed by atoms with Crippen molar-refractivity contribution in [1.82, 2.24) is 9.55 Å². The van der Waals surface area contributed by atoms with E-state index in [9.17, 15) is 4.79 Å². The molecule has 88 valence electrons. The van der Waals surface area contributed by atoms with Crippen LogP contribution in [0.2, 0.25) is 0 Å². The molecule has 0 aliphatic rings. The largest absolute Gasteiger partial charge is 0.481 e. The molecule has 0 fully saturated rings. The summed E-state index contributed by atoms with van der Waals surface area (Å²) in [7, 11) is 0. The summed E-state index contributed by atoms with van der Waals surface area (Å²) in [5.74, 6) is -0.865. The maximum absolute atomic E-state index is 10.6. The van der Waals surface area contributed by atoms with Crippen molar-refractivity contribution in [2.75, 3.05) is 0 Å². The first-order chi connectivity index (χ1) is 8.08. The maximum Gasteiger partial charge on any atom is 0.309 e. The van der Waals surface area contributed by atoms with E-state index in [0.29, 0.717) is 5.69 Å². The molecule has 0 aliphatic heterocycles. The molecule has 1 aromatic heterocycles. The molecule has 0 unspecified atom stereocenters. The van der Waals surface area contributed by atoms with Crippen molar-refractivity contribution in [3.63, 3.8) is 0 Å². The summed E-state index contributed by atoms with van der Waals surface area (Å²) >= 11 is 0. The topological polar surface area (TPSA) is 55.1 Å². The Morgan fingerprint density at radius 1 is 1.41 bits per heavy atom. The normalized spacial score (nSPS) is 10.5. The van der Waals surface area contributed by atoms with Gasteiger partial charge in [0, 0.05) is 11.9 Å². The maximum atomic E-state index is 10.6. The molecular weight excluding hydrogens is 216 g/mol. The number of aliphatic carboxylic acids is 1. The Kier molecular flexibility index (Phi) is 2.95. The molecule has 1 heterocycles. The van der Waals surface area contributed by atoms with Gasteiger partial charge < -0.3 is 9.67 Å². The molecule has 1 aromatic carbocycles. The number of imidazole rings is 1. The zero-order valence-electron chi connectivity index (χ0n) is 9.84. The quantitative estimate of drug-likeness (QED) is 0.878. The number of rotatable bonds is 3. The van der Waals surface area contributed by atoms with Gasteiger partial charge in [-0.25, -0.2) is 4.98 Å². The van der Waals surface area contributed by atoms with Crippen LogP contribution in [0.4, 0.5) is 0 Å². The van der Waals surface area contributed by atoms with Crippen LogP contribution in [0.25, 0.3) is 5.69 Å². The van der Waals surface area contributed by atoms with Gasteiger partial charge in [-0.15, -0.1) is 0 Å². The highest BCUT2D eigenvalue weighted by atomic mass is 16.4. The third-order valence-corrected chi connectivity index (χ3v) is 2.82. The summed E-state index contributed by atoms with van der Waals surface area (Å²) in [4.78, 5) is 14.7. The molecule has 0 saturated heterocycles. The summed E-state index contributed by atoms with van der Waals surface area (Å²) in [5.41, 5.74) is 3.98. The van der Waals surface area contributed by atoms with Crippen LogP contribution in [0.5, 0.6) is 0 Å². The van der Waals surface area contributed by atoms with E-state index in [2.05, 4.69) is 4.98 Å². The Balaban J connectivity index is 2.37. The van der Waals surface area contributed by atoms with Crippen molar-refractivity contribution in [1.29, 1.82) is 0 Å². The van der Waals surface area contributed by atoms with Crippen molar-refractivity contribution in [2.45, 2.75) is 20.3 Å². The molecule has 2 aromatic rings. The predicted octanol–water partition coefficient (Wildman–Crippen LogP) is 2.12. The molecule has 17 heavy (non-hydrogen) atoms. The lowest BCUT2D eigenvalue weighted by Gasteiger charge is -2.08. The van der Waals surface area contributed by atoms with Gasteiger partial charge in [0.05, 0.1) is 18.4 Å². The molecule has 1 N–H and O–H groups in total. The second-order valence-electron chi connectivity index (χ2n) is 4.06. The van der Waals surface area contributed by atoms with Gasteiger partial charge in [-0.1, -0.05) is 12.1 Å². The fourth-order valence-corrected chi connectivity index (χ4v) is 1.76. The SMILES string of the molecule is Cc1cccc(-n2cnc(CC(=O)O)c2)c1C. The van der Waals surface area contributed by atoms with Crippen LogP contribution in [0.1, 0.15) is 16.8 Å². The van der Waals surface area contributed by atoms with Crippen molar-refractivity contribution >= 4 is 5.97 Å². The fourth-order valence-electron chi connectivity index (χ4n) is 1.76. The molecule has 4 heteroatoms. The highest BCUT2D eigenvalue weighted by Crippen LogP contribution is 2.17. The van der Waals surface area contributed by atoms with E-state index in [0.717, 1.165) is 5.69 Å². The first-order valence-electron chi connectivity index (χ1n) is 5.39. The van der Waals surface area contributed by atoms with Crippen LogP contribution in [0.3, 0.4) is 0 Å². The minimum absolute atomic E-state index is 0.0438. The van der Waals surface area contributed by atoms with Crippen LogP contribution in [0, 0.1) is 13.8 Å². The van der Waals surface area contributed by atoms with Gasteiger partial charge in [0.15, 0.2) is 0 Å². The Labute approximate surface area is 99.5 Å². The lowest BCUT2D eigenvalue weighted by molar-refractivity contribution is -0.136. The second kappa shape index (κ2) is 4.41. The van der Waals surface area contributed by atoms with E-state index in [1.807, 2.05) is 36.6 Å². The molecule has 0 spiro atoms. The van der Waals surface area contributed by atoms with Crippen molar-refractivity contribution < 1.29 is 9.90 Å². The zero-order chi connectivity index (χ0) is 12.4. The Morgan fingerprint density at radius 2 is 2.18 bits per heavy atom. The molecular formula is C13H14N2O2. The Morgan fingerprint density at radius 3 is 2.88 bits per heavy atom. The lowest BCUT2D eigenvalue weighted by Crippen LogP contribution is -2.00. The fraction of sp³-hybridized carbons (Fsp3) is 0.231. The monoisotopic (exact) mass is 230 g/mol. The van der Waals surface area contributed by atoms with E-state index in [1.165, 1.54) is 11.1 Å². The molecule has 0 amide bonds. The molecule has 0 radical (unpaired) electrons. The predicted molar refractivity (Wildman–Crippen MR) is 64.4 cm³/mol. The molecule has 4 nitrogen and oxygen atoms in total. The highest BCUT2D eigenvalue weighted by molar-refractivity contribution is 5.69. The average Bonchev–Trinajstić information content (AvgIpc) is 2.69. The Hall–Kier alpha value is -2.10. The molecule has 0 bridgehead atoms. The number of carbonyl (C=O) groups is 1. The number of aryl methyl sites for hydroxylation is 1. The van der Waals surface area contributed by atoms with Gasteiger partial charge in [0.1, 0.15) is 0 Å². The van der Waals surface area contributed by atoms with Crippen LogP contribution in [-0.4, -0.2) is 20.6 Å². The minimum atomic E-state index is -0.865. The van der Waals surface area contributed by atoms with Crippen molar-refractivity contribution in [2.24, 2.45) is 0 Å². The Bertz CT molecular complexity index is 558. The van der Waals surface area contributed by atoms with E-state index < -0.39 is 5.97 Å². The molecule has 0 aliphatic carbocycles. The number of hydrogen-bond donors (Lipinski definition) is 1. The standard InChI is InChI=1S/C13H14N2O2/c1-9-4-3-5-12(10(9)2)15-7-11(14-8-15)6-13(16)17/h3-5,7-8H,6H2,1-2H3,(H,16,17). The number of aromatic nitrogens is 2. The smallest absolute Gasteiger partial charge is 0.309 e. The number of hydrogen-bond acceptors (Lipinski definition) is 2. The summed E-state index contributed by atoms with van der Waals surface area (Å²) in [6.45, 7) is 4.09. The van der Waals surface area contributed by atoms with Crippen LogP contribution >= 0.6 is 0 Å². The molecule has 0 atom stereocenters. The van der Waals surface area contributed by atoms with Gasteiger partial charge in [-0.3, -0.25) is 4.79 Å². The zero-order valence-corrected chi connectivity index (χ0v) is 9.84. The third-order valence-electron chi connectivity index (χ3n) is 2.82. The number of carboxylic acid groups (broad SMARTS) is 1. The van der Waals surface area contributed by atoms with Gasteiger partial charge in [0.2, 0.25) is 0 Å². The molecule has 0 saturated carbocycles. The van der Waals surface area contributed by atoms with Gasteiger partial charge >= 0.3 is 5.97 Å². The highest BCUT2D eigenvalue weighted by Gasteiger charge is 2.07. The van der Waals surface area contributed by atoms with E-state index in [1.54, 1.807) is 12.5 Å². The number of carboxylic acids is 1. The second-order valence-corrected chi connectivity index (χ2v) is 4.06. The van der Waals surface area contributed by atoms with Crippen molar-refractivity contribution in [3.05, 3.63) is 47.5 Å². The van der Waals surface area contributed by atoms with Crippen LogP contribution < -0.4 is 0 Å². The number of nitrogens with zero attached hydrogens (tertiary/aromatic N) is 2. The third kappa shape index (κ3) is 2.36. The van der Waals surface area contributed by atoms with E-state index in [4.69, 9.17) is 5.11 Å². The summed E-state index contributed by atoms with van der Waals surface area (Å²) in [5, 5.41) is 8.70. The van der Waals surface area contributed by atoms with Crippen molar-refractivity contribution in [3.8, 4) is 5.69 Å². The summed E-state index contributed by atoms with van der Waals surface area (Å²) < 4.78 is 1.86. The summed E-state index contributed by atoms with van der Waals surface area (Å²) in [6.07, 6.45) is 3.37. The van der Waals surface area contributed by atoms with E-state index >= 15 is 0 Å².